The largest absolute Gasteiger partial charge is 0.481 e. The van der Waals surface area contributed by atoms with E-state index in [9.17, 15) is 31.5 Å². The van der Waals surface area contributed by atoms with E-state index in [1.54, 1.807) is 0 Å². The SMILES string of the molecule is O=C(O)[C@@]12CCC[C@H]1CN(S(=O)(=O)c1cc(F)ccc1OC(F)F)C2. The summed E-state index contributed by atoms with van der Waals surface area (Å²) in [6.07, 6.45) is 1.61. The molecule has 1 saturated heterocycles. The molecule has 0 amide bonds. The first kappa shape index (κ1) is 18.0. The van der Waals surface area contributed by atoms with Gasteiger partial charge in [-0.05, 0) is 37.0 Å². The number of sulfonamides is 1. The number of benzene rings is 1. The van der Waals surface area contributed by atoms with Gasteiger partial charge < -0.3 is 9.84 Å². The van der Waals surface area contributed by atoms with Crippen LogP contribution in [0.4, 0.5) is 13.2 Å². The number of aliphatic carboxylic acids is 1. The molecule has 1 aromatic rings. The van der Waals surface area contributed by atoms with Gasteiger partial charge in [-0.2, -0.15) is 13.1 Å². The number of carboxylic acid groups (broad SMARTS) is 1. The highest BCUT2D eigenvalue weighted by atomic mass is 32.2. The van der Waals surface area contributed by atoms with E-state index >= 15 is 0 Å². The van der Waals surface area contributed by atoms with E-state index in [-0.39, 0.29) is 19.0 Å². The summed E-state index contributed by atoms with van der Waals surface area (Å²) in [6, 6.07) is 2.24. The summed E-state index contributed by atoms with van der Waals surface area (Å²) in [5, 5.41) is 9.54. The van der Waals surface area contributed by atoms with Crippen LogP contribution in [0.2, 0.25) is 0 Å². The Hall–Kier alpha value is -1.81. The highest BCUT2D eigenvalue weighted by Crippen LogP contribution is 2.50. The van der Waals surface area contributed by atoms with Gasteiger partial charge >= 0.3 is 12.6 Å². The zero-order chi connectivity index (χ0) is 18.4. The number of fused-ring (bicyclic) bond motifs is 1. The lowest BCUT2D eigenvalue weighted by molar-refractivity contribution is -0.149. The van der Waals surface area contributed by atoms with Crippen molar-refractivity contribution in [3.63, 3.8) is 0 Å². The quantitative estimate of drug-likeness (QED) is 0.849. The summed E-state index contributed by atoms with van der Waals surface area (Å²) in [6.45, 7) is -3.58. The monoisotopic (exact) mass is 379 g/mol. The second-order valence-corrected chi connectivity index (χ2v) is 8.22. The molecule has 10 heteroatoms. The fourth-order valence-corrected chi connectivity index (χ4v) is 5.48. The molecular formula is C15H16F3NO5S. The van der Waals surface area contributed by atoms with Crippen LogP contribution in [-0.2, 0) is 14.8 Å². The normalized spacial score (nSPS) is 26.8. The zero-order valence-corrected chi connectivity index (χ0v) is 13.8. The van der Waals surface area contributed by atoms with E-state index in [1.165, 1.54) is 0 Å². The smallest absolute Gasteiger partial charge is 0.387 e. The molecule has 0 unspecified atom stereocenters. The van der Waals surface area contributed by atoms with Gasteiger partial charge in [0.2, 0.25) is 10.0 Å². The number of hydrogen-bond acceptors (Lipinski definition) is 4. The van der Waals surface area contributed by atoms with Gasteiger partial charge in [-0.15, -0.1) is 0 Å². The van der Waals surface area contributed by atoms with Crippen LogP contribution in [0.15, 0.2) is 23.1 Å². The second-order valence-electron chi connectivity index (χ2n) is 6.32. The Kier molecular flexibility index (Phi) is 4.44. The third-order valence-corrected chi connectivity index (χ3v) is 6.84. The minimum Gasteiger partial charge on any atom is -0.481 e. The molecule has 0 aromatic heterocycles. The molecule has 1 aliphatic heterocycles. The van der Waals surface area contributed by atoms with E-state index in [0.717, 1.165) is 16.4 Å². The van der Waals surface area contributed by atoms with Crippen LogP contribution in [0.5, 0.6) is 5.75 Å². The molecule has 2 fully saturated rings. The number of rotatable bonds is 5. The number of alkyl halides is 2. The third kappa shape index (κ3) is 2.97. The van der Waals surface area contributed by atoms with Crippen LogP contribution in [0.3, 0.4) is 0 Å². The average molecular weight is 379 g/mol. The lowest BCUT2D eigenvalue weighted by atomic mass is 9.81. The molecule has 138 valence electrons. The van der Waals surface area contributed by atoms with Gasteiger partial charge in [-0.1, -0.05) is 6.42 Å². The maximum atomic E-state index is 13.5. The Balaban J connectivity index is 1.98. The standard InChI is InChI=1S/C15H16F3NO5S/c16-10-3-4-11(24-14(17)18)12(6-10)25(22,23)19-7-9-2-1-5-15(9,8-19)13(20)21/h3-4,6,9,14H,1-2,5,7-8H2,(H,20,21)/t9-,15+/m0/s1. The van der Waals surface area contributed by atoms with Crippen LogP contribution in [-0.4, -0.2) is 43.5 Å². The zero-order valence-electron chi connectivity index (χ0n) is 13.0. The second kappa shape index (κ2) is 6.17. The van der Waals surface area contributed by atoms with E-state index in [4.69, 9.17) is 0 Å². The number of ether oxygens (including phenoxy) is 1. The minimum atomic E-state index is -4.38. The summed E-state index contributed by atoms with van der Waals surface area (Å²) in [4.78, 5) is 10.9. The number of carboxylic acids is 1. The van der Waals surface area contributed by atoms with Gasteiger partial charge in [0.1, 0.15) is 16.5 Å². The van der Waals surface area contributed by atoms with Gasteiger partial charge in [0.15, 0.2) is 0 Å². The van der Waals surface area contributed by atoms with Crippen molar-refractivity contribution in [2.45, 2.75) is 30.8 Å². The fourth-order valence-electron chi connectivity index (χ4n) is 3.79. The predicted molar refractivity (Wildman–Crippen MR) is 79.2 cm³/mol. The molecule has 3 rings (SSSR count). The van der Waals surface area contributed by atoms with Crippen molar-refractivity contribution in [2.75, 3.05) is 13.1 Å². The van der Waals surface area contributed by atoms with Crippen LogP contribution in [0, 0.1) is 17.2 Å². The van der Waals surface area contributed by atoms with Crippen molar-refractivity contribution in [3.8, 4) is 5.75 Å². The van der Waals surface area contributed by atoms with Crippen molar-refractivity contribution < 1.29 is 36.2 Å². The molecule has 1 saturated carbocycles. The van der Waals surface area contributed by atoms with Crippen molar-refractivity contribution in [3.05, 3.63) is 24.0 Å². The number of carbonyl (C=O) groups is 1. The lowest BCUT2D eigenvalue weighted by Gasteiger charge is -2.23. The van der Waals surface area contributed by atoms with Crippen molar-refractivity contribution in [1.29, 1.82) is 0 Å². The molecule has 1 heterocycles. The van der Waals surface area contributed by atoms with Crippen LogP contribution in [0.1, 0.15) is 19.3 Å². The van der Waals surface area contributed by atoms with Crippen molar-refractivity contribution in [2.24, 2.45) is 11.3 Å². The molecule has 2 atom stereocenters. The molecule has 25 heavy (non-hydrogen) atoms. The van der Waals surface area contributed by atoms with Gasteiger partial charge in [-0.25, -0.2) is 12.8 Å². The molecule has 0 bridgehead atoms. The van der Waals surface area contributed by atoms with E-state index in [2.05, 4.69) is 4.74 Å². The summed E-state index contributed by atoms with van der Waals surface area (Å²) in [5.74, 6) is -3.02. The van der Waals surface area contributed by atoms with Gasteiger partial charge in [-0.3, -0.25) is 4.79 Å². The van der Waals surface area contributed by atoms with Crippen molar-refractivity contribution >= 4 is 16.0 Å². The molecule has 1 aromatic carbocycles. The van der Waals surface area contributed by atoms with E-state index in [1.807, 2.05) is 0 Å². The Morgan fingerprint density at radius 3 is 2.72 bits per heavy atom. The molecular weight excluding hydrogens is 363 g/mol. The maximum absolute atomic E-state index is 13.5. The molecule has 0 spiro atoms. The van der Waals surface area contributed by atoms with Gasteiger partial charge in [0, 0.05) is 13.1 Å². The third-order valence-electron chi connectivity index (χ3n) is 5.01. The Bertz CT molecular complexity index is 800. The van der Waals surface area contributed by atoms with Crippen LogP contribution >= 0.6 is 0 Å². The number of hydrogen-bond donors (Lipinski definition) is 1. The lowest BCUT2D eigenvalue weighted by Crippen LogP contribution is -2.37. The van der Waals surface area contributed by atoms with E-state index in [0.29, 0.717) is 25.3 Å². The average Bonchev–Trinajstić information content (AvgIpc) is 3.06. The van der Waals surface area contributed by atoms with E-state index < -0.39 is 44.5 Å². The number of nitrogens with zero attached hydrogens (tertiary/aromatic N) is 1. The Morgan fingerprint density at radius 1 is 1.40 bits per heavy atom. The fraction of sp³-hybridized carbons (Fsp3) is 0.533. The molecule has 1 N–H and O–H groups in total. The van der Waals surface area contributed by atoms with Crippen LogP contribution < -0.4 is 4.74 Å². The van der Waals surface area contributed by atoms with Gasteiger partial charge in [0.25, 0.3) is 0 Å². The minimum absolute atomic E-state index is 0.0424. The Labute approximate surface area is 142 Å². The molecule has 1 aliphatic carbocycles. The summed E-state index contributed by atoms with van der Waals surface area (Å²) in [5.41, 5.74) is -1.18. The number of halogens is 3. The molecule has 0 radical (unpaired) electrons. The first-order valence-corrected chi connectivity index (χ1v) is 9.09. The van der Waals surface area contributed by atoms with Crippen molar-refractivity contribution in [1.82, 2.24) is 4.31 Å². The summed E-state index contributed by atoms with van der Waals surface area (Å²) in [7, 11) is -4.38. The molecule has 2 aliphatic rings. The molecule has 6 nitrogen and oxygen atoms in total. The first-order valence-electron chi connectivity index (χ1n) is 7.65. The van der Waals surface area contributed by atoms with Gasteiger partial charge in [0.05, 0.1) is 5.41 Å². The van der Waals surface area contributed by atoms with Crippen LogP contribution in [0.25, 0.3) is 0 Å². The highest BCUT2D eigenvalue weighted by molar-refractivity contribution is 7.89. The highest BCUT2D eigenvalue weighted by Gasteiger charge is 2.57. The topological polar surface area (TPSA) is 83.9 Å². The predicted octanol–water partition coefficient (Wildman–Crippen LogP) is 2.30. The maximum Gasteiger partial charge on any atom is 0.387 e. The Morgan fingerprint density at radius 2 is 2.12 bits per heavy atom. The summed E-state index contributed by atoms with van der Waals surface area (Å²) < 4.78 is 69.3. The first-order chi connectivity index (χ1) is 11.7. The summed E-state index contributed by atoms with van der Waals surface area (Å²) >= 11 is 0.